The summed E-state index contributed by atoms with van der Waals surface area (Å²) in [6, 6.07) is 15.3. The van der Waals surface area contributed by atoms with Gasteiger partial charge in [-0.25, -0.2) is 9.97 Å². The van der Waals surface area contributed by atoms with E-state index in [1.54, 1.807) is 0 Å². The molecule has 2 atom stereocenters. The Morgan fingerprint density at radius 1 is 0.816 bits per heavy atom. The van der Waals surface area contributed by atoms with Gasteiger partial charge in [0.25, 0.3) is 0 Å². The van der Waals surface area contributed by atoms with E-state index in [0.717, 1.165) is 91.2 Å². The number of benzene rings is 2. The van der Waals surface area contributed by atoms with Crippen LogP contribution in [0.2, 0.25) is 0 Å². The Labute approximate surface area is 290 Å². The molecule has 8 heteroatoms. The van der Waals surface area contributed by atoms with Gasteiger partial charge in [0.2, 0.25) is 11.8 Å². The lowest BCUT2D eigenvalue weighted by Gasteiger charge is -2.24. The van der Waals surface area contributed by atoms with Crippen LogP contribution in [0, 0.1) is 11.8 Å². The molecule has 4 aromatic rings. The Morgan fingerprint density at radius 2 is 1.51 bits per heavy atom. The molecule has 2 aromatic carbocycles. The monoisotopic (exact) mass is 658 g/mol. The Bertz CT molecular complexity index is 1850. The van der Waals surface area contributed by atoms with Crippen molar-refractivity contribution in [3.8, 4) is 33.6 Å². The van der Waals surface area contributed by atoms with Gasteiger partial charge in [-0.2, -0.15) is 0 Å². The van der Waals surface area contributed by atoms with Gasteiger partial charge < -0.3 is 19.8 Å². The minimum absolute atomic E-state index is 0.0370. The van der Waals surface area contributed by atoms with Gasteiger partial charge >= 0.3 is 0 Å². The normalized spacial score (nSPS) is 19.3. The van der Waals surface area contributed by atoms with E-state index in [1.807, 2.05) is 11.1 Å². The van der Waals surface area contributed by atoms with Gasteiger partial charge in [0.1, 0.15) is 17.7 Å². The molecular formula is C41H50N6O2. The number of aromatic amines is 2. The number of carbonyl (C=O) groups excluding carboxylic acids is 2. The number of amides is 2. The highest BCUT2D eigenvalue weighted by atomic mass is 16.2. The molecule has 1 aliphatic carbocycles. The molecule has 256 valence electrons. The second kappa shape index (κ2) is 13.8. The van der Waals surface area contributed by atoms with Gasteiger partial charge in [-0.05, 0) is 84.6 Å². The van der Waals surface area contributed by atoms with E-state index in [1.165, 1.54) is 22.4 Å². The number of nitrogens with zero attached hydrogens (tertiary/aromatic N) is 4. The van der Waals surface area contributed by atoms with Crippen molar-refractivity contribution < 1.29 is 9.59 Å². The number of hydrogen-bond donors (Lipinski definition) is 2. The predicted molar refractivity (Wildman–Crippen MR) is 194 cm³/mol. The van der Waals surface area contributed by atoms with Crippen LogP contribution in [0.25, 0.3) is 33.6 Å². The average molecular weight is 659 g/mol. The minimum atomic E-state index is -0.196. The van der Waals surface area contributed by atoms with E-state index >= 15 is 0 Å². The summed E-state index contributed by atoms with van der Waals surface area (Å²) in [4.78, 5) is 47.1. The van der Waals surface area contributed by atoms with Crippen molar-refractivity contribution in [1.29, 1.82) is 0 Å². The molecule has 2 unspecified atom stereocenters. The number of nitrogens with one attached hydrogen (secondary N) is 2. The number of likely N-dealkylation sites (tertiary alicyclic amines) is 2. The summed E-state index contributed by atoms with van der Waals surface area (Å²) in [7, 11) is 0. The molecule has 49 heavy (non-hydrogen) atoms. The average Bonchev–Trinajstić information content (AvgIpc) is 3.87. The molecule has 2 amide bonds. The van der Waals surface area contributed by atoms with Crippen LogP contribution in [0.4, 0.5) is 0 Å². The Morgan fingerprint density at radius 3 is 2.27 bits per heavy atom. The molecular weight excluding hydrogens is 608 g/mol. The Balaban J connectivity index is 1.11. The first kappa shape index (κ1) is 33.1. The first-order valence-corrected chi connectivity index (χ1v) is 18.3. The molecule has 8 nitrogen and oxygen atoms in total. The Kier molecular flexibility index (Phi) is 9.32. The number of hydrogen-bond acceptors (Lipinski definition) is 4. The summed E-state index contributed by atoms with van der Waals surface area (Å²) in [5.41, 5.74) is 10.2. The number of imidazole rings is 2. The fourth-order valence-corrected chi connectivity index (χ4v) is 7.93. The number of rotatable bonds is 8. The number of aryl methyl sites for hydroxylation is 2. The zero-order chi connectivity index (χ0) is 34.2. The smallest absolute Gasteiger partial charge is 0.223 e. The third kappa shape index (κ3) is 6.75. The highest BCUT2D eigenvalue weighted by Crippen LogP contribution is 2.39. The van der Waals surface area contributed by atoms with Crippen molar-refractivity contribution in [2.45, 2.75) is 97.6 Å². The van der Waals surface area contributed by atoms with Gasteiger partial charge in [-0.1, -0.05) is 76.7 Å². The fourth-order valence-electron chi connectivity index (χ4n) is 7.93. The number of aromatic nitrogens is 4. The molecule has 2 aromatic heterocycles. The van der Waals surface area contributed by atoms with E-state index in [4.69, 9.17) is 9.97 Å². The van der Waals surface area contributed by atoms with Crippen LogP contribution in [-0.4, -0.2) is 54.6 Å². The quantitative estimate of drug-likeness (QED) is 0.185. The number of fused-ring (bicyclic) bond motifs is 3. The highest BCUT2D eigenvalue weighted by Gasteiger charge is 2.35. The van der Waals surface area contributed by atoms with Crippen LogP contribution in [0.5, 0.6) is 0 Å². The van der Waals surface area contributed by atoms with Crippen LogP contribution in [0.1, 0.15) is 108 Å². The van der Waals surface area contributed by atoms with Crippen molar-refractivity contribution in [1.82, 2.24) is 29.7 Å². The van der Waals surface area contributed by atoms with Crippen LogP contribution >= 0.6 is 0 Å². The zero-order valence-corrected chi connectivity index (χ0v) is 29.5. The topological polar surface area (TPSA) is 98.0 Å². The first-order valence-electron chi connectivity index (χ1n) is 18.3. The second-order valence-electron chi connectivity index (χ2n) is 15.1. The lowest BCUT2D eigenvalue weighted by atomic mass is 9.90. The van der Waals surface area contributed by atoms with Gasteiger partial charge in [0.05, 0.1) is 23.6 Å². The number of carbonyl (C=O) groups is 2. The first-order chi connectivity index (χ1) is 23.7. The molecule has 3 aliphatic rings. The summed E-state index contributed by atoms with van der Waals surface area (Å²) in [6.45, 7) is 14.2. The molecule has 0 spiro atoms. The van der Waals surface area contributed by atoms with Gasteiger partial charge in [0, 0.05) is 37.2 Å². The lowest BCUT2D eigenvalue weighted by Crippen LogP contribution is -2.32. The van der Waals surface area contributed by atoms with Crippen LogP contribution in [0.15, 0.2) is 60.8 Å². The molecule has 0 radical (unpaired) electrons. The van der Waals surface area contributed by atoms with Gasteiger partial charge in [0.15, 0.2) is 0 Å². The summed E-state index contributed by atoms with van der Waals surface area (Å²) in [5, 5.41) is 0. The summed E-state index contributed by atoms with van der Waals surface area (Å²) < 4.78 is 0. The molecule has 0 bridgehead atoms. The summed E-state index contributed by atoms with van der Waals surface area (Å²) in [6.07, 6.45) is 10.0. The highest BCUT2D eigenvalue weighted by molar-refractivity contribution is 5.79. The second-order valence-corrected chi connectivity index (χ2v) is 15.1. The summed E-state index contributed by atoms with van der Waals surface area (Å²) in [5.74, 6) is 2.79. The minimum Gasteiger partial charge on any atom is -0.344 e. The maximum Gasteiger partial charge on any atom is 0.223 e. The third-order valence-electron chi connectivity index (χ3n) is 10.4. The van der Waals surface area contributed by atoms with Crippen molar-refractivity contribution in [2.75, 3.05) is 13.1 Å². The molecule has 2 N–H and O–H groups in total. The van der Waals surface area contributed by atoms with E-state index in [2.05, 4.69) is 91.6 Å². The third-order valence-corrected chi connectivity index (χ3v) is 10.4. The van der Waals surface area contributed by atoms with Gasteiger partial charge in [-0.15, -0.1) is 0 Å². The maximum absolute atomic E-state index is 13.1. The molecule has 0 saturated carbocycles. The van der Waals surface area contributed by atoms with Crippen LogP contribution < -0.4 is 0 Å². The van der Waals surface area contributed by atoms with Crippen LogP contribution in [0.3, 0.4) is 0 Å². The van der Waals surface area contributed by atoms with Crippen molar-refractivity contribution in [3.05, 3.63) is 83.7 Å². The van der Waals surface area contributed by atoms with Crippen molar-refractivity contribution in [3.63, 3.8) is 0 Å². The standard InChI is InChI=1S/C41H50N6O2/c1-25(2)21-36(48)46-19-8-11-35(46)40-43-33-10-7-6-9-31-23-30(16-17-32(31)38(33)45-40)28-12-14-29(15-13-28)34-24-42-41(44-34)39-27(5)18-20-47(39)37(49)22-26(3)4/h12-17,23-26,35,39H,5-11,18-22H2,1-4H3,(H,42,44)(H,43,45). The summed E-state index contributed by atoms with van der Waals surface area (Å²) >= 11 is 0. The Hall–Kier alpha value is -4.46. The molecule has 7 rings (SSSR count). The maximum atomic E-state index is 13.1. The van der Waals surface area contributed by atoms with E-state index < -0.39 is 0 Å². The van der Waals surface area contributed by atoms with E-state index in [0.29, 0.717) is 31.2 Å². The van der Waals surface area contributed by atoms with Gasteiger partial charge in [-0.3, -0.25) is 9.59 Å². The van der Waals surface area contributed by atoms with E-state index in [9.17, 15) is 9.59 Å². The molecule has 2 saturated heterocycles. The SMILES string of the molecule is C=C1CCN(C(=O)CC(C)C)C1c1ncc(-c2ccc(-c3ccc4c(c3)CCCCc3[nH]c(C5CCCN5C(=O)CC(C)C)nc3-4)cc2)[nH]1. The van der Waals surface area contributed by atoms with E-state index in [-0.39, 0.29) is 23.9 Å². The van der Waals surface area contributed by atoms with Crippen molar-refractivity contribution in [2.24, 2.45) is 11.8 Å². The molecule has 2 aliphatic heterocycles. The fraction of sp³-hybridized carbons (Fsp3) is 0.463. The zero-order valence-electron chi connectivity index (χ0n) is 29.5. The molecule has 4 heterocycles. The predicted octanol–water partition coefficient (Wildman–Crippen LogP) is 8.60. The lowest BCUT2D eigenvalue weighted by molar-refractivity contribution is -0.133. The van der Waals surface area contributed by atoms with Crippen LogP contribution in [-0.2, 0) is 22.4 Å². The van der Waals surface area contributed by atoms with Crippen molar-refractivity contribution >= 4 is 11.8 Å². The largest absolute Gasteiger partial charge is 0.344 e. The number of H-pyrrole nitrogens is 2. The molecule has 2 fully saturated rings.